The summed E-state index contributed by atoms with van der Waals surface area (Å²) in [7, 11) is 1.47. The van der Waals surface area contributed by atoms with Crippen molar-refractivity contribution in [3.05, 3.63) is 16.0 Å². The monoisotopic (exact) mass is 350 g/mol. The van der Waals surface area contributed by atoms with Gasteiger partial charge in [0.15, 0.2) is 0 Å². The van der Waals surface area contributed by atoms with E-state index in [-0.39, 0.29) is 31.5 Å². The number of thiophene rings is 1. The summed E-state index contributed by atoms with van der Waals surface area (Å²) in [6.45, 7) is 6.02. The first-order valence-electron chi connectivity index (χ1n) is 6.80. The molecule has 1 heterocycles. The molecule has 0 aliphatic rings. The lowest BCUT2D eigenvalue weighted by Crippen LogP contribution is -2.39. The Morgan fingerprint density at radius 1 is 1.36 bits per heavy atom. The summed E-state index contributed by atoms with van der Waals surface area (Å²) in [4.78, 5) is 25.1. The molecule has 0 bridgehead atoms. The summed E-state index contributed by atoms with van der Waals surface area (Å²) in [5.41, 5.74) is 7.02. The summed E-state index contributed by atoms with van der Waals surface area (Å²) in [5, 5.41) is 3.19. The molecule has 3 N–H and O–H groups in total. The minimum atomic E-state index is -0.780. The number of carbonyl (C=O) groups is 2. The number of hydrogen-bond donors (Lipinski definition) is 2. The molecule has 0 saturated carbocycles. The topological polar surface area (TPSA) is 90.7 Å². The molecule has 1 unspecified atom stereocenters. The molecule has 0 aliphatic carbocycles. The third kappa shape index (κ3) is 4.95. The summed E-state index contributed by atoms with van der Waals surface area (Å²) in [6.07, 6.45) is 0.691. The Labute approximate surface area is 140 Å². The van der Waals surface area contributed by atoms with Crippen LogP contribution in [0.1, 0.15) is 34.6 Å². The number of methoxy groups -OCH3 is 1. The lowest BCUT2D eigenvalue weighted by Gasteiger charge is -2.11. The number of anilines is 1. The molecule has 22 heavy (non-hydrogen) atoms. The Morgan fingerprint density at radius 3 is 2.50 bits per heavy atom. The van der Waals surface area contributed by atoms with Crippen molar-refractivity contribution in [2.24, 2.45) is 5.73 Å². The minimum Gasteiger partial charge on any atom is -0.462 e. The van der Waals surface area contributed by atoms with E-state index in [0.717, 1.165) is 10.4 Å². The molecule has 8 heteroatoms. The first-order chi connectivity index (χ1) is 9.96. The molecule has 1 amide bonds. The fraction of sp³-hybridized carbons (Fsp3) is 0.571. The van der Waals surface area contributed by atoms with Crippen LogP contribution in [0.3, 0.4) is 0 Å². The normalized spacial score (nSPS) is 11.5. The van der Waals surface area contributed by atoms with Gasteiger partial charge in [0.1, 0.15) is 11.0 Å². The highest BCUT2D eigenvalue weighted by molar-refractivity contribution is 7.16. The van der Waals surface area contributed by atoms with Crippen molar-refractivity contribution in [2.45, 2.75) is 33.2 Å². The second-order valence-corrected chi connectivity index (χ2v) is 5.69. The maximum absolute atomic E-state index is 12.1. The average Bonchev–Trinajstić information content (AvgIpc) is 2.74. The van der Waals surface area contributed by atoms with Gasteiger partial charge in [-0.2, -0.15) is 0 Å². The molecular formula is C14H23ClN2O4S. The van der Waals surface area contributed by atoms with Gasteiger partial charge in [0.05, 0.1) is 18.8 Å². The van der Waals surface area contributed by atoms with Crippen LogP contribution < -0.4 is 11.1 Å². The predicted molar refractivity (Wildman–Crippen MR) is 90.1 cm³/mol. The van der Waals surface area contributed by atoms with E-state index in [1.807, 2.05) is 13.8 Å². The van der Waals surface area contributed by atoms with Crippen LogP contribution in [-0.4, -0.2) is 38.2 Å². The molecule has 0 saturated heterocycles. The SMILES string of the molecule is CCOC(=O)c1c(NC(=O)C(N)COC)sc(C)c1CC.Cl. The number of aryl methyl sites for hydroxylation is 1. The number of nitrogens with two attached hydrogens (primary N) is 1. The number of carbonyl (C=O) groups excluding carboxylic acids is 2. The summed E-state index contributed by atoms with van der Waals surface area (Å²) in [5.74, 6) is -0.805. The number of ether oxygens (including phenoxy) is 2. The van der Waals surface area contributed by atoms with Crippen molar-refractivity contribution >= 4 is 40.6 Å². The molecule has 1 rings (SSSR count). The summed E-state index contributed by atoms with van der Waals surface area (Å²) in [6, 6.07) is -0.780. The standard InChI is InChI=1S/C14H22N2O4S.ClH/c1-5-9-8(3)21-13(11(9)14(18)20-6-2)16-12(17)10(15)7-19-4;/h10H,5-7,15H2,1-4H3,(H,16,17);1H. The number of rotatable bonds is 7. The van der Waals surface area contributed by atoms with Gasteiger partial charge in [0, 0.05) is 12.0 Å². The third-order valence-corrected chi connectivity index (χ3v) is 4.02. The van der Waals surface area contributed by atoms with Crippen LogP contribution in [0.15, 0.2) is 0 Å². The Morgan fingerprint density at radius 2 is 2.00 bits per heavy atom. The van der Waals surface area contributed by atoms with E-state index in [1.165, 1.54) is 18.4 Å². The Kier molecular flexibility index (Phi) is 9.27. The van der Waals surface area contributed by atoms with Crippen LogP contribution in [0, 0.1) is 6.92 Å². The molecular weight excluding hydrogens is 328 g/mol. The quantitative estimate of drug-likeness (QED) is 0.735. The summed E-state index contributed by atoms with van der Waals surface area (Å²) < 4.78 is 9.93. The van der Waals surface area contributed by atoms with E-state index in [1.54, 1.807) is 6.92 Å². The van der Waals surface area contributed by atoms with E-state index < -0.39 is 12.0 Å². The van der Waals surface area contributed by atoms with Crippen molar-refractivity contribution in [2.75, 3.05) is 25.6 Å². The van der Waals surface area contributed by atoms with Gasteiger partial charge in [0.25, 0.3) is 0 Å². The molecule has 1 atom stereocenters. The third-order valence-electron chi connectivity index (χ3n) is 2.96. The van der Waals surface area contributed by atoms with Gasteiger partial charge in [-0.25, -0.2) is 4.79 Å². The Bertz CT molecular complexity index is 519. The van der Waals surface area contributed by atoms with E-state index in [2.05, 4.69) is 5.32 Å². The van der Waals surface area contributed by atoms with Crippen molar-refractivity contribution in [1.82, 2.24) is 0 Å². The first-order valence-corrected chi connectivity index (χ1v) is 7.62. The van der Waals surface area contributed by atoms with Crippen molar-refractivity contribution < 1.29 is 19.1 Å². The lowest BCUT2D eigenvalue weighted by atomic mass is 10.1. The number of esters is 1. The number of amides is 1. The van der Waals surface area contributed by atoms with Gasteiger partial charge < -0.3 is 20.5 Å². The average molecular weight is 351 g/mol. The van der Waals surface area contributed by atoms with Crippen LogP contribution in [-0.2, 0) is 20.7 Å². The fourth-order valence-electron chi connectivity index (χ4n) is 1.97. The molecule has 126 valence electrons. The van der Waals surface area contributed by atoms with Gasteiger partial charge in [-0.3, -0.25) is 4.79 Å². The number of hydrogen-bond acceptors (Lipinski definition) is 6. The van der Waals surface area contributed by atoms with E-state index in [0.29, 0.717) is 17.0 Å². The highest BCUT2D eigenvalue weighted by Crippen LogP contribution is 2.34. The van der Waals surface area contributed by atoms with Crippen molar-refractivity contribution in [3.8, 4) is 0 Å². The Hall–Kier alpha value is -1.15. The maximum atomic E-state index is 12.1. The smallest absolute Gasteiger partial charge is 0.341 e. The van der Waals surface area contributed by atoms with E-state index >= 15 is 0 Å². The van der Waals surface area contributed by atoms with Crippen LogP contribution in [0.2, 0.25) is 0 Å². The molecule has 0 radical (unpaired) electrons. The highest BCUT2D eigenvalue weighted by atomic mass is 35.5. The second kappa shape index (κ2) is 9.78. The van der Waals surface area contributed by atoms with Gasteiger partial charge in [0.2, 0.25) is 5.91 Å². The fourth-order valence-corrected chi connectivity index (χ4v) is 3.11. The van der Waals surface area contributed by atoms with Crippen molar-refractivity contribution in [3.63, 3.8) is 0 Å². The van der Waals surface area contributed by atoms with E-state index in [9.17, 15) is 9.59 Å². The van der Waals surface area contributed by atoms with E-state index in [4.69, 9.17) is 15.2 Å². The van der Waals surface area contributed by atoms with Crippen LogP contribution in [0.25, 0.3) is 0 Å². The Balaban J connectivity index is 0.00000441. The van der Waals surface area contributed by atoms with Gasteiger partial charge in [-0.15, -0.1) is 23.7 Å². The maximum Gasteiger partial charge on any atom is 0.341 e. The summed E-state index contributed by atoms with van der Waals surface area (Å²) >= 11 is 1.35. The molecule has 0 aliphatic heterocycles. The molecule has 0 aromatic carbocycles. The molecule has 0 spiro atoms. The molecule has 1 aromatic heterocycles. The highest BCUT2D eigenvalue weighted by Gasteiger charge is 2.24. The molecule has 0 fully saturated rings. The van der Waals surface area contributed by atoms with Crippen molar-refractivity contribution in [1.29, 1.82) is 0 Å². The number of nitrogens with one attached hydrogen (secondary N) is 1. The second-order valence-electron chi connectivity index (χ2n) is 4.47. The number of halogens is 1. The van der Waals surface area contributed by atoms with Gasteiger partial charge in [-0.1, -0.05) is 6.92 Å². The zero-order valence-electron chi connectivity index (χ0n) is 13.2. The van der Waals surface area contributed by atoms with Crippen LogP contribution in [0.5, 0.6) is 0 Å². The van der Waals surface area contributed by atoms with Gasteiger partial charge >= 0.3 is 5.97 Å². The zero-order valence-corrected chi connectivity index (χ0v) is 14.9. The molecule has 6 nitrogen and oxygen atoms in total. The van der Waals surface area contributed by atoms with Crippen LogP contribution in [0.4, 0.5) is 5.00 Å². The minimum absolute atomic E-state index is 0. The largest absolute Gasteiger partial charge is 0.462 e. The molecule has 1 aromatic rings. The zero-order chi connectivity index (χ0) is 16.0. The first kappa shape index (κ1) is 20.9. The van der Waals surface area contributed by atoms with Gasteiger partial charge in [-0.05, 0) is 25.8 Å². The predicted octanol–water partition coefficient (Wildman–Crippen LogP) is 2.13. The lowest BCUT2D eigenvalue weighted by molar-refractivity contribution is -0.118. The van der Waals surface area contributed by atoms with Crippen LogP contribution >= 0.6 is 23.7 Å².